The van der Waals surface area contributed by atoms with Crippen molar-refractivity contribution in [2.45, 2.75) is 0 Å². The summed E-state index contributed by atoms with van der Waals surface area (Å²) in [6, 6.07) is 22.9. The number of ether oxygens (including phenoxy) is 3. The summed E-state index contributed by atoms with van der Waals surface area (Å²) in [5.41, 5.74) is 5.39. The lowest BCUT2D eigenvalue weighted by Crippen LogP contribution is -2.41. The number of carbonyl (C=O) groups is 2. The Hall–Kier alpha value is -4.26. The minimum Gasteiger partial charge on any atom is -0.490 e. The molecule has 3 aromatic rings. The lowest BCUT2D eigenvalue weighted by molar-refractivity contribution is 0.0841. The Balaban J connectivity index is 1.55. The Morgan fingerprint density at radius 3 is 1.78 bits per heavy atom. The van der Waals surface area contributed by atoms with E-state index >= 15 is 0 Å². The molecular weight excluding hydrogens is 408 g/mol. The molecule has 3 rings (SSSR count). The van der Waals surface area contributed by atoms with Gasteiger partial charge in [-0.25, -0.2) is 0 Å². The van der Waals surface area contributed by atoms with Crippen LogP contribution in [-0.4, -0.2) is 31.6 Å². The van der Waals surface area contributed by atoms with Crippen LogP contribution in [0.25, 0.3) is 0 Å². The average molecular weight is 432 g/mol. The molecule has 32 heavy (non-hydrogen) atoms. The van der Waals surface area contributed by atoms with Crippen LogP contribution in [0.1, 0.15) is 20.7 Å². The van der Waals surface area contributed by atoms with Crippen molar-refractivity contribution in [2.24, 2.45) is 0 Å². The SMILES string of the molecule is C=CCOc1ccccc1C(=O)NNC(=O)c1ccccc1OCCOc1ccccc1. The standard InChI is InChI=1S/C25H24N2O5/c1-2-16-31-22-14-8-6-12-20(22)24(28)26-27-25(29)21-13-7-9-15-23(21)32-18-17-30-19-10-4-3-5-11-19/h2-15H,1,16-18H2,(H,26,28)(H,27,29). The van der Waals surface area contributed by atoms with Gasteiger partial charge in [-0.05, 0) is 36.4 Å². The zero-order chi connectivity index (χ0) is 22.6. The molecule has 3 aromatic carbocycles. The number of carbonyl (C=O) groups excluding carboxylic acids is 2. The molecule has 164 valence electrons. The third kappa shape index (κ3) is 6.37. The molecule has 2 N–H and O–H groups in total. The van der Waals surface area contributed by atoms with Crippen molar-refractivity contribution in [1.82, 2.24) is 10.9 Å². The molecule has 0 aliphatic carbocycles. The van der Waals surface area contributed by atoms with Gasteiger partial charge < -0.3 is 14.2 Å². The summed E-state index contributed by atoms with van der Waals surface area (Å²) in [5.74, 6) is 0.490. The number of hydrazine groups is 1. The second-order valence-corrected chi connectivity index (χ2v) is 6.51. The van der Waals surface area contributed by atoms with Crippen molar-refractivity contribution in [3.8, 4) is 17.2 Å². The first-order valence-electron chi connectivity index (χ1n) is 10.0. The maximum atomic E-state index is 12.6. The summed E-state index contributed by atoms with van der Waals surface area (Å²) >= 11 is 0. The molecule has 0 heterocycles. The van der Waals surface area contributed by atoms with Gasteiger partial charge in [0.15, 0.2) is 0 Å². The monoisotopic (exact) mass is 432 g/mol. The van der Waals surface area contributed by atoms with Gasteiger partial charge in [0, 0.05) is 0 Å². The molecule has 7 nitrogen and oxygen atoms in total. The summed E-state index contributed by atoms with van der Waals surface area (Å²) in [5, 5.41) is 0. The molecule has 0 saturated carbocycles. The molecule has 2 amide bonds. The summed E-state index contributed by atoms with van der Waals surface area (Å²) in [7, 11) is 0. The van der Waals surface area contributed by atoms with Gasteiger partial charge in [-0.15, -0.1) is 0 Å². The molecule has 0 aliphatic heterocycles. The molecule has 0 unspecified atom stereocenters. The van der Waals surface area contributed by atoms with Crippen LogP contribution in [0.15, 0.2) is 91.5 Å². The van der Waals surface area contributed by atoms with Crippen LogP contribution >= 0.6 is 0 Å². The van der Waals surface area contributed by atoms with Gasteiger partial charge in [-0.2, -0.15) is 0 Å². The van der Waals surface area contributed by atoms with Crippen molar-refractivity contribution >= 4 is 11.8 Å². The zero-order valence-electron chi connectivity index (χ0n) is 17.5. The van der Waals surface area contributed by atoms with Crippen molar-refractivity contribution in [3.63, 3.8) is 0 Å². The predicted molar refractivity (Wildman–Crippen MR) is 121 cm³/mol. The van der Waals surface area contributed by atoms with E-state index in [1.165, 1.54) is 0 Å². The van der Waals surface area contributed by atoms with E-state index in [1.54, 1.807) is 54.6 Å². The number of para-hydroxylation sites is 3. The molecule has 7 heteroatoms. The van der Waals surface area contributed by atoms with Gasteiger partial charge in [0.2, 0.25) is 0 Å². The highest BCUT2D eigenvalue weighted by Gasteiger charge is 2.16. The second kappa shape index (κ2) is 11.8. The first-order valence-corrected chi connectivity index (χ1v) is 10.0. The molecule has 0 spiro atoms. The fourth-order valence-electron chi connectivity index (χ4n) is 2.78. The maximum absolute atomic E-state index is 12.6. The summed E-state index contributed by atoms with van der Waals surface area (Å²) in [6.45, 7) is 4.42. The highest BCUT2D eigenvalue weighted by Crippen LogP contribution is 2.19. The molecule has 0 radical (unpaired) electrons. The number of rotatable bonds is 10. The third-order valence-electron chi connectivity index (χ3n) is 4.26. The van der Waals surface area contributed by atoms with Crippen LogP contribution in [0.5, 0.6) is 17.2 Å². The topological polar surface area (TPSA) is 85.9 Å². The van der Waals surface area contributed by atoms with E-state index in [4.69, 9.17) is 14.2 Å². The number of hydrogen-bond acceptors (Lipinski definition) is 5. The van der Waals surface area contributed by atoms with Crippen molar-refractivity contribution in [3.05, 3.63) is 103 Å². The van der Waals surface area contributed by atoms with Gasteiger partial charge in [0.05, 0.1) is 11.1 Å². The van der Waals surface area contributed by atoms with Crippen molar-refractivity contribution < 1.29 is 23.8 Å². The normalized spacial score (nSPS) is 10.0. The molecule has 0 bridgehead atoms. The minimum atomic E-state index is -0.512. The van der Waals surface area contributed by atoms with Gasteiger partial charge in [-0.1, -0.05) is 55.1 Å². The van der Waals surface area contributed by atoms with E-state index in [0.717, 1.165) is 5.75 Å². The zero-order valence-corrected chi connectivity index (χ0v) is 17.5. The Bertz CT molecular complexity index is 1050. The van der Waals surface area contributed by atoms with E-state index < -0.39 is 11.8 Å². The van der Waals surface area contributed by atoms with E-state index in [-0.39, 0.29) is 24.3 Å². The fourth-order valence-corrected chi connectivity index (χ4v) is 2.78. The summed E-state index contributed by atoms with van der Waals surface area (Å²) in [6.07, 6.45) is 1.58. The molecule has 0 fully saturated rings. The lowest BCUT2D eigenvalue weighted by atomic mass is 10.2. The van der Waals surface area contributed by atoms with Gasteiger partial charge >= 0.3 is 0 Å². The Kier molecular flexibility index (Phi) is 8.27. The fraction of sp³-hybridized carbons (Fsp3) is 0.120. The highest BCUT2D eigenvalue weighted by molar-refractivity contribution is 6.01. The van der Waals surface area contributed by atoms with Crippen LogP contribution in [-0.2, 0) is 0 Å². The van der Waals surface area contributed by atoms with Gasteiger partial charge in [0.1, 0.15) is 37.1 Å². The van der Waals surface area contributed by atoms with E-state index in [2.05, 4.69) is 17.4 Å². The van der Waals surface area contributed by atoms with E-state index in [1.807, 2.05) is 30.3 Å². The van der Waals surface area contributed by atoms with Gasteiger partial charge in [0.25, 0.3) is 11.8 Å². The largest absolute Gasteiger partial charge is 0.490 e. The first-order chi connectivity index (χ1) is 15.7. The molecule has 0 atom stereocenters. The van der Waals surface area contributed by atoms with Gasteiger partial charge in [-0.3, -0.25) is 20.4 Å². The molecule has 0 saturated heterocycles. The smallest absolute Gasteiger partial charge is 0.273 e. The Labute approximate surface area is 186 Å². The Morgan fingerprint density at radius 2 is 1.19 bits per heavy atom. The molecule has 0 aliphatic rings. The van der Waals surface area contributed by atoms with Crippen LogP contribution in [0.3, 0.4) is 0 Å². The third-order valence-corrected chi connectivity index (χ3v) is 4.26. The lowest BCUT2D eigenvalue weighted by Gasteiger charge is -2.14. The molecular formula is C25H24N2O5. The Morgan fingerprint density at radius 1 is 0.688 bits per heavy atom. The minimum absolute atomic E-state index is 0.250. The van der Waals surface area contributed by atoms with Crippen LogP contribution in [0, 0.1) is 0 Å². The number of nitrogens with one attached hydrogen (secondary N) is 2. The summed E-state index contributed by atoms with van der Waals surface area (Å²) in [4.78, 5) is 25.1. The average Bonchev–Trinajstić information content (AvgIpc) is 2.84. The second-order valence-electron chi connectivity index (χ2n) is 6.51. The van der Waals surface area contributed by atoms with E-state index in [9.17, 15) is 9.59 Å². The van der Waals surface area contributed by atoms with Crippen molar-refractivity contribution in [1.29, 1.82) is 0 Å². The van der Waals surface area contributed by atoms with Crippen molar-refractivity contribution in [2.75, 3.05) is 19.8 Å². The van der Waals surface area contributed by atoms with Crippen LogP contribution < -0.4 is 25.1 Å². The number of hydrogen-bond donors (Lipinski definition) is 2. The van der Waals surface area contributed by atoms with Crippen LogP contribution in [0.4, 0.5) is 0 Å². The van der Waals surface area contributed by atoms with Crippen LogP contribution in [0.2, 0.25) is 0 Å². The highest BCUT2D eigenvalue weighted by atomic mass is 16.5. The quantitative estimate of drug-likeness (QED) is 0.289. The maximum Gasteiger partial charge on any atom is 0.273 e. The number of benzene rings is 3. The summed E-state index contributed by atoms with van der Waals surface area (Å²) < 4.78 is 16.8. The number of amides is 2. The molecule has 0 aromatic heterocycles. The predicted octanol–water partition coefficient (Wildman–Crippen LogP) is 3.78. The van der Waals surface area contributed by atoms with E-state index in [0.29, 0.717) is 18.1 Å². The first kappa shape index (κ1) is 22.4.